The number of para-hydroxylation sites is 1. The van der Waals surface area contributed by atoms with Crippen molar-refractivity contribution in [1.82, 2.24) is 4.37 Å². The summed E-state index contributed by atoms with van der Waals surface area (Å²) in [5.41, 5.74) is 0.436. The SMILES string of the molecule is N#Cc1c(Nc2cccc(Oc3ccccc3)c2)s[nH]c1=O. The van der Waals surface area contributed by atoms with E-state index in [9.17, 15) is 4.79 Å². The van der Waals surface area contributed by atoms with Crippen LogP contribution in [0.25, 0.3) is 0 Å². The van der Waals surface area contributed by atoms with Gasteiger partial charge in [0.25, 0.3) is 5.56 Å². The van der Waals surface area contributed by atoms with Gasteiger partial charge >= 0.3 is 0 Å². The molecule has 0 fully saturated rings. The molecule has 0 radical (unpaired) electrons. The zero-order valence-electron chi connectivity index (χ0n) is 11.4. The smallest absolute Gasteiger partial charge is 0.278 e. The Labute approximate surface area is 130 Å². The summed E-state index contributed by atoms with van der Waals surface area (Å²) in [6, 6.07) is 18.6. The Hall–Kier alpha value is -3.04. The van der Waals surface area contributed by atoms with Crippen LogP contribution < -0.4 is 15.6 Å². The van der Waals surface area contributed by atoms with Gasteiger partial charge in [0.2, 0.25) is 0 Å². The zero-order valence-corrected chi connectivity index (χ0v) is 12.2. The summed E-state index contributed by atoms with van der Waals surface area (Å²) in [7, 11) is 0. The number of benzene rings is 2. The molecule has 0 saturated heterocycles. The van der Waals surface area contributed by atoms with Gasteiger partial charge in [-0.05, 0) is 35.8 Å². The van der Waals surface area contributed by atoms with Gasteiger partial charge in [0.15, 0.2) is 5.56 Å². The third-order valence-corrected chi connectivity index (χ3v) is 3.68. The van der Waals surface area contributed by atoms with Gasteiger partial charge in [-0.15, -0.1) is 0 Å². The number of nitrogens with one attached hydrogen (secondary N) is 2. The third kappa shape index (κ3) is 3.00. The van der Waals surface area contributed by atoms with E-state index >= 15 is 0 Å². The van der Waals surface area contributed by atoms with E-state index < -0.39 is 0 Å². The van der Waals surface area contributed by atoms with Gasteiger partial charge < -0.3 is 10.1 Å². The molecule has 1 heterocycles. The largest absolute Gasteiger partial charge is 0.457 e. The fourth-order valence-corrected chi connectivity index (χ4v) is 2.59. The Balaban J connectivity index is 1.82. The Morgan fingerprint density at radius 2 is 1.86 bits per heavy atom. The summed E-state index contributed by atoms with van der Waals surface area (Å²) in [5, 5.41) is 12.5. The molecule has 0 bridgehead atoms. The number of ether oxygens (including phenoxy) is 1. The molecule has 0 aliphatic carbocycles. The van der Waals surface area contributed by atoms with Crippen molar-refractivity contribution >= 4 is 22.2 Å². The van der Waals surface area contributed by atoms with Crippen LogP contribution in [0.2, 0.25) is 0 Å². The van der Waals surface area contributed by atoms with Crippen molar-refractivity contribution in [3.8, 4) is 17.6 Å². The molecule has 22 heavy (non-hydrogen) atoms. The predicted octanol–water partition coefficient (Wildman–Crippen LogP) is 3.84. The molecule has 0 amide bonds. The lowest BCUT2D eigenvalue weighted by molar-refractivity contribution is 0.483. The molecule has 108 valence electrons. The number of nitriles is 1. The van der Waals surface area contributed by atoms with Crippen molar-refractivity contribution in [1.29, 1.82) is 5.26 Å². The van der Waals surface area contributed by atoms with Crippen LogP contribution in [-0.4, -0.2) is 4.37 Å². The van der Waals surface area contributed by atoms with Gasteiger partial charge in [0.05, 0.1) is 0 Å². The Morgan fingerprint density at radius 3 is 2.64 bits per heavy atom. The predicted molar refractivity (Wildman–Crippen MR) is 85.9 cm³/mol. The van der Waals surface area contributed by atoms with Crippen molar-refractivity contribution in [2.24, 2.45) is 0 Å². The number of hydrogen-bond acceptors (Lipinski definition) is 5. The van der Waals surface area contributed by atoms with E-state index in [0.717, 1.165) is 23.0 Å². The highest BCUT2D eigenvalue weighted by atomic mass is 32.1. The first-order chi connectivity index (χ1) is 10.8. The average Bonchev–Trinajstić information content (AvgIpc) is 2.88. The topological polar surface area (TPSA) is 77.9 Å². The molecule has 0 saturated carbocycles. The van der Waals surface area contributed by atoms with Gasteiger partial charge in [-0.25, -0.2) is 0 Å². The molecule has 2 aromatic carbocycles. The number of anilines is 2. The summed E-state index contributed by atoms with van der Waals surface area (Å²) in [6.07, 6.45) is 0. The van der Waals surface area contributed by atoms with Crippen molar-refractivity contribution in [3.63, 3.8) is 0 Å². The van der Waals surface area contributed by atoms with Crippen molar-refractivity contribution < 1.29 is 4.74 Å². The fraction of sp³-hybridized carbons (Fsp3) is 0. The van der Waals surface area contributed by atoms with Crippen LogP contribution in [0, 0.1) is 11.3 Å². The van der Waals surface area contributed by atoms with Crippen LogP contribution in [0.4, 0.5) is 10.7 Å². The van der Waals surface area contributed by atoms with Gasteiger partial charge in [-0.1, -0.05) is 24.3 Å². The number of aromatic nitrogens is 1. The number of aromatic amines is 1. The molecule has 3 aromatic rings. The van der Waals surface area contributed by atoms with Crippen molar-refractivity contribution in [3.05, 3.63) is 70.5 Å². The maximum atomic E-state index is 11.4. The normalized spacial score (nSPS) is 9.95. The van der Waals surface area contributed by atoms with Gasteiger partial charge in [-0.2, -0.15) is 5.26 Å². The fourth-order valence-electron chi connectivity index (χ4n) is 1.89. The maximum absolute atomic E-state index is 11.4. The molecule has 6 heteroatoms. The molecule has 0 aliphatic heterocycles. The van der Waals surface area contributed by atoms with Crippen molar-refractivity contribution in [2.45, 2.75) is 0 Å². The molecule has 1 aromatic heterocycles. The molecule has 2 N–H and O–H groups in total. The number of hydrogen-bond donors (Lipinski definition) is 2. The number of rotatable bonds is 4. The standard InChI is InChI=1S/C16H11N3O2S/c17-10-14-15(20)19-22-16(14)18-11-5-4-8-13(9-11)21-12-6-2-1-3-7-12/h1-9,18H,(H,19,20). The summed E-state index contributed by atoms with van der Waals surface area (Å²) in [6.45, 7) is 0. The lowest BCUT2D eigenvalue weighted by Gasteiger charge is -2.08. The first-order valence-electron chi connectivity index (χ1n) is 6.48. The second kappa shape index (κ2) is 6.16. The van der Waals surface area contributed by atoms with E-state index in [0.29, 0.717) is 10.8 Å². The molecule has 0 atom stereocenters. The Morgan fingerprint density at radius 1 is 1.09 bits per heavy atom. The monoisotopic (exact) mass is 309 g/mol. The quantitative estimate of drug-likeness (QED) is 0.767. The molecule has 0 aliphatic rings. The van der Waals surface area contributed by atoms with Gasteiger partial charge in [0.1, 0.15) is 22.6 Å². The lowest BCUT2D eigenvalue weighted by Crippen LogP contribution is -2.02. The van der Waals surface area contributed by atoms with Gasteiger partial charge in [0, 0.05) is 11.8 Å². The minimum atomic E-state index is -0.383. The van der Waals surface area contributed by atoms with E-state index in [1.165, 1.54) is 0 Å². The third-order valence-electron chi connectivity index (χ3n) is 2.88. The van der Waals surface area contributed by atoms with E-state index in [1.54, 1.807) is 6.07 Å². The van der Waals surface area contributed by atoms with E-state index in [-0.39, 0.29) is 11.1 Å². The van der Waals surface area contributed by atoms with E-state index in [2.05, 4.69) is 9.69 Å². The summed E-state index contributed by atoms with van der Waals surface area (Å²) in [5.74, 6) is 1.40. The van der Waals surface area contributed by atoms with Crippen LogP contribution in [0.1, 0.15) is 5.56 Å². The number of nitrogens with zero attached hydrogens (tertiary/aromatic N) is 1. The zero-order chi connectivity index (χ0) is 15.4. The number of H-pyrrole nitrogens is 1. The maximum Gasteiger partial charge on any atom is 0.278 e. The van der Waals surface area contributed by atoms with Crippen molar-refractivity contribution in [2.75, 3.05) is 5.32 Å². The minimum absolute atomic E-state index is 0.0828. The molecule has 3 rings (SSSR count). The van der Waals surface area contributed by atoms with Crippen LogP contribution in [0.15, 0.2) is 59.4 Å². The summed E-state index contributed by atoms with van der Waals surface area (Å²) < 4.78 is 8.28. The van der Waals surface area contributed by atoms with Gasteiger partial charge in [-0.3, -0.25) is 9.17 Å². The molecular formula is C16H11N3O2S. The van der Waals surface area contributed by atoms with Crippen LogP contribution in [-0.2, 0) is 0 Å². The lowest BCUT2D eigenvalue weighted by atomic mass is 10.3. The highest BCUT2D eigenvalue weighted by Crippen LogP contribution is 2.27. The first-order valence-corrected chi connectivity index (χ1v) is 7.29. The molecule has 0 unspecified atom stereocenters. The Bertz CT molecular complexity index is 878. The summed E-state index contributed by atoms with van der Waals surface area (Å²) >= 11 is 1.09. The second-order valence-electron chi connectivity index (χ2n) is 4.42. The highest BCUT2D eigenvalue weighted by molar-refractivity contribution is 7.10. The van der Waals surface area contributed by atoms with Crippen LogP contribution in [0.3, 0.4) is 0 Å². The molecular weight excluding hydrogens is 298 g/mol. The second-order valence-corrected chi connectivity index (χ2v) is 5.23. The molecule has 0 spiro atoms. The van der Waals surface area contributed by atoms with E-state index in [4.69, 9.17) is 10.00 Å². The van der Waals surface area contributed by atoms with Crippen LogP contribution in [0.5, 0.6) is 11.5 Å². The first kappa shape index (κ1) is 13.9. The minimum Gasteiger partial charge on any atom is -0.457 e. The summed E-state index contributed by atoms with van der Waals surface area (Å²) in [4.78, 5) is 11.4. The van der Waals surface area contributed by atoms with E-state index in [1.807, 2.05) is 54.6 Å². The Kier molecular flexibility index (Phi) is 3.90. The molecule has 5 nitrogen and oxygen atoms in total. The average molecular weight is 309 g/mol. The highest BCUT2D eigenvalue weighted by Gasteiger charge is 2.10. The van der Waals surface area contributed by atoms with Crippen LogP contribution >= 0.6 is 11.5 Å².